The van der Waals surface area contributed by atoms with E-state index in [0.29, 0.717) is 36.2 Å². The standard InChI is InChI=1S/C34H34Br2O4/c35-23-7-9-25-37-29-15-19-31(20-16-29)39-33(27-11-3-1-4-12-27)34(28-13-5-2-6-14-28)40-32-21-17-30(18-22-32)38-26-10-8-24-36/h1-6,11-22H,7-10,23-26H2/b34-33+. The van der Waals surface area contributed by atoms with Gasteiger partial charge in [0.1, 0.15) is 23.0 Å². The molecule has 0 unspecified atom stereocenters. The topological polar surface area (TPSA) is 36.9 Å². The lowest BCUT2D eigenvalue weighted by Gasteiger charge is -2.18. The zero-order valence-electron chi connectivity index (χ0n) is 22.4. The van der Waals surface area contributed by atoms with Crippen molar-refractivity contribution in [3.8, 4) is 23.0 Å². The van der Waals surface area contributed by atoms with Gasteiger partial charge in [-0.2, -0.15) is 0 Å². The van der Waals surface area contributed by atoms with E-state index in [1.165, 1.54) is 0 Å². The predicted octanol–water partition coefficient (Wildman–Crippen LogP) is 9.78. The van der Waals surface area contributed by atoms with Gasteiger partial charge >= 0.3 is 0 Å². The molecule has 0 aliphatic heterocycles. The van der Waals surface area contributed by atoms with Crippen LogP contribution in [0.5, 0.6) is 23.0 Å². The maximum Gasteiger partial charge on any atom is 0.177 e. The van der Waals surface area contributed by atoms with Gasteiger partial charge in [-0.15, -0.1) is 0 Å². The molecule has 0 aliphatic carbocycles. The first-order chi connectivity index (χ1) is 19.8. The van der Waals surface area contributed by atoms with Crippen molar-refractivity contribution in [3.05, 3.63) is 120 Å². The Morgan fingerprint density at radius 3 is 1.12 bits per heavy atom. The van der Waals surface area contributed by atoms with E-state index in [1.807, 2.05) is 109 Å². The number of unbranched alkanes of at least 4 members (excludes halogenated alkanes) is 2. The van der Waals surface area contributed by atoms with E-state index in [-0.39, 0.29) is 0 Å². The summed E-state index contributed by atoms with van der Waals surface area (Å²) in [5, 5.41) is 1.97. The van der Waals surface area contributed by atoms with Crippen molar-refractivity contribution < 1.29 is 18.9 Å². The van der Waals surface area contributed by atoms with Gasteiger partial charge in [0.25, 0.3) is 0 Å². The van der Waals surface area contributed by atoms with Crippen LogP contribution in [0.2, 0.25) is 0 Å². The molecule has 208 valence electrons. The molecule has 0 aromatic heterocycles. The molecule has 0 spiro atoms. The maximum atomic E-state index is 6.55. The van der Waals surface area contributed by atoms with Crippen molar-refractivity contribution in [2.24, 2.45) is 0 Å². The van der Waals surface area contributed by atoms with Crippen molar-refractivity contribution >= 4 is 43.4 Å². The van der Waals surface area contributed by atoms with Crippen molar-refractivity contribution in [2.75, 3.05) is 23.9 Å². The summed E-state index contributed by atoms with van der Waals surface area (Å²) in [6, 6.07) is 35.5. The summed E-state index contributed by atoms with van der Waals surface area (Å²) in [6.45, 7) is 1.38. The van der Waals surface area contributed by atoms with E-state index >= 15 is 0 Å². The first-order valence-corrected chi connectivity index (χ1v) is 15.8. The number of ether oxygens (including phenoxy) is 4. The monoisotopic (exact) mass is 664 g/mol. The first kappa shape index (κ1) is 29.8. The Balaban J connectivity index is 1.62. The van der Waals surface area contributed by atoms with E-state index in [4.69, 9.17) is 18.9 Å². The normalized spacial score (nSPS) is 11.4. The van der Waals surface area contributed by atoms with Gasteiger partial charge in [0.15, 0.2) is 11.5 Å². The van der Waals surface area contributed by atoms with Crippen molar-refractivity contribution in [1.29, 1.82) is 0 Å². The second-order valence-corrected chi connectivity index (χ2v) is 10.6. The molecule has 40 heavy (non-hydrogen) atoms. The molecule has 6 heteroatoms. The minimum atomic E-state index is 0.618. The van der Waals surface area contributed by atoms with E-state index < -0.39 is 0 Å². The molecular formula is C34H34Br2O4. The fourth-order valence-electron chi connectivity index (χ4n) is 3.87. The second-order valence-electron chi connectivity index (χ2n) is 9.03. The summed E-state index contributed by atoms with van der Waals surface area (Å²) in [6.07, 6.45) is 4.18. The largest absolute Gasteiger partial charge is 0.494 e. The van der Waals surface area contributed by atoms with E-state index in [1.54, 1.807) is 0 Å². The number of rotatable bonds is 16. The number of hydrogen-bond donors (Lipinski definition) is 0. The summed E-state index contributed by atoms with van der Waals surface area (Å²) < 4.78 is 24.8. The van der Waals surface area contributed by atoms with Gasteiger partial charge in [-0.25, -0.2) is 0 Å². The quantitative estimate of drug-likeness (QED) is 0.0517. The third-order valence-electron chi connectivity index (χ3n) is 5.96. The highest BCUT2D eigenvalue weighted by molar-refractivity contribution is 9.09. The van der Waals surface area contributed by atoms with E-state index in [9.17, 15) is 0 Å². The van der Waals surface area contributed by atoms with E-state index in [0.717, 1.165) is 59.0 Å². The maximum absolute atomic E-state index is 6.55. The van der Waals surface area contributed by atoms with Gasteiger partial charge in [0.05, 0.1) is 13.2 Å². The highest BCUT2D eigenvalue weighted by atomic mass is 79.9. The molecule has 0 saturated carbocycles. The van der Waals surface area contributed by atoms with Crippen LogP contribution in [0.3, 0.4) is 0 Å². The molecule has 0 amide bonds. The van der Waals surface area contributed by atoms with Crippen LogP contribution < -0.4 is 18.9 Å². The molecule has 0 aliphatic rings. The summed E-state index contributed by atoms with van der Waals surface area (Å²) in [7, 11) is 0. The van der Waals surface area contributed by atoms with Crippen LogP contribution >= 0.6 is 31.9 Å². The number of benzene rings is 4. The van der Waals surface area contributed by atoms with Crippen molar-refractivity contribution in [1.82, 2.24) is 0 Å². The zero-order valence-corrected chi connectivity index (χ0v) is 25.6. The average Bonchev–Trinajstić information content (AvgIpc) is 3.01. The van der Waals surface area contributed by atoms with Crippen LogP contribution in [-0.2, 0) is 0 Å². The second kappa shape index (κ2) is 16.8. The Hall–Kier alpha value is -3.22. The van der Waals surface area contributed by atoms with Gasteiger partial charge in [-0.05, 0) is 74.2 Å². The highest BCUT2D eigenvalue weighted by Gasteiger charge is 2.18. The summed E-state index contributed by atoms with van der Waals surface area (Å²) >= 11 is 6.92. The lowest BCUT2D eigenvalue weighted by molar-refractivity contribution is 0.309. The molecule has 4 aromatic carbocycles. The average molecular weight is 666 g/mol. The molecule has 4 aromatic rings. The Morgan fingerprint density at radius 1 is 0.425 bits per heavy atom. The third kappa shape index (κ3) is 9.46. The molecule has 0 fully saturated rings. The van der Waals surface area contributed by atoms with Crippen LogP contribution in [0, 0.1) is 0 Å². The van der Waals surface area contributed by atoms with Crippen LogP contribution in [0.25, 0.3) is 11.5 Å². The molecule has 0 heterocycles. The summed E-state index contributed by atoms with van der Waals surface area (Å²) in [5.74, 6) is 4.26. The van der Waals surface area contributed by atoms with Crippen LogP contribution in [-0.4, -0.2) is 23.9 Å². The van der Waals surface area contributed by atoms with Gasteiger partial charge < -0.3 is 18.9 Å². The van der Waals surface area contributed by atoms with Crippen molar-refractivity contribution in [2.45, 2.75) is 25.7 Å². The SMILES string of the molecule is BrCCCCOc1ccc(O/C(=C(/Oc2ccc(OCCCCBr)cc2)c2ccccc2)c2ccccc2)cc1. The molecule has 4 rings (SSSR count). The minimum Gasteiger partial charge on any atom is -0.494 e. The highest BCUT2D eigenvalue weighted by Crippen LogP contribution is 2.33. The van der Waals surface area contributed by atoms with Gasteiger partial charge in [0, 0.05) is 21.8 Å². The smallest absolute Gasteiger partial charge is 0.177 e. The molecule has 0 N–H and O–H groups in total. The van der Waals surface area contributed by atoms with Gasteiger partial charge in [-0.3, -0.25) is 0 Å². The molecule has 0 saturated heterocycles. The van der Waals surface area contributed by atoms with Crippen LogP contribution in [0.15, 0.2) is 109 Å². The summed E-state index contributed by atoms with van der Waals surface area (Å²) in [5.41, 5.74) is 1.81. The first-order valence-electron chi connectivity index (χ1n) is 13.6. The third-order valence-corrected chi connectivity index (χ3v) is 7.08. The Kier molecular flexibility index (Phi) is 12.5. The molecule has 0 atom stereocenters. The van der Waals surface area contributed by atoms with E-state index in [2.05, 4.69) is 31.9 Å². The molecule has 0 radical (unpaired) electrons. The molecule has 0 bridgehead atoms. The van der Waals surface area contributed by atoms with Crippen molar-refractivity contribution in [3.63, 3.8) is 0 Å². The van der Waals surface area contributed by atoms with Gasteiger partial charge in [-0.1, -0.05) is 92.5 Å². The Labute approximate surface area is 254 Å². The molecule has 4 nitrogen and oxygen atoms in total. The van der Waals surface area contributed by atoms with Crippen LogP contribution in [0.4, 0.5) is 0 Å². The fourth-order valence-corrected chi connectivity index (χ4v) is 4.66. The predicted molar refractivity (Wildman–Crippen MR) is 171 cm³/mol. The summed E-state index contributed by atoms with van der Waals surface area (Å²) in [4.78, 5) is 0. The zero-order chi connectivity index (χ0) is 27.8. The number of halogens is 2. The molecular weight excluding hydrogens is 632 g/mol. The fraction of sp³-hybridized carbons (Fsp3) is 0.235. The van der Waals surface area contributed by atoms with Crippen LogP contribution in [0.1, 0.15) is 36.8 Å². The lowest BCUT2D eigenvalue weighted by atomic mass is 10.1. The minimum absolute atomic E-state index is 0.618. The number of alkyl halides is 2. The Bertz CT molecular complexity index is 1190. The van der Waals surface area contributed by atoms with Gasteiger partial charge in [0.2, 0.25) is 0 Å². The number of hydrogen-bond acceptors (Lipinski definition) is 4. The lowest BCUT2D eigenvalue weighted by Crippen LogP contribution is -2.05. The Morgan fingerprint density at radius 2 is 0.775 bits per heavy atom.